The van der Waals surface area contributed by atoms with Gasteiger partial charge in [0, 0.05) is 0 Å². The lowest BCUT2D eigenvalue weighted by Gasteiger charge is -2.24. The number of rotatable bonds is 11. The molecule has 160 valence electrons. The Morgan fingerprint density at radius 2 is 1.39 bits per heavy atom. The lowest BCUT2D eigenvalue weighted by molar-refractivity contribution is -0.145. The maximum atomic E-state index is 12.2. The molecule has 0 spiro atoms. The van der Waals surface area contributed by atoms with E-state index in [4.69, 9.17) is 16.6 Å². The fourth-order valence-electron chi connectivity index (χ4n) is 1.94. The van der Waals surface area contributed by atoms with Gasteiger partial charge in [0.1, 0.15) is 18.1 Å². The molecule has 0 bridgehead atoms. The van der Waals surface area contributed by atoms with Crippen molar-refractivity contribution >= 4 is 29.6 Å². The fourth-order valence-corrected chi connectivity index (χ4v) is 1.94. The SMILES string of the molecule is CC(NC(=O)C(N)C(C)O)C(=O)NC(CC(N)=O)C(=O)NC(C(=O)O)C(C)O. The van der Waals surface area contributed by atoms with Crippen LogP contribution in [0.4, 0.5) is 0 Å². The molecule has 0 aromatic heterocycles. The number of carboxylic acid groups (broad SMARTS) is 1. The van der Waals surface area contributed by atoms with Crippen molar-refractivity contribution in [1.29, 1.82) is 0 Å². The van der Waals surface area contributed by atoms with Crippen molar-refractivity contribution in [2.24, 2.45) is 11.5 Å². The molecular formula is C15H27N5O8. The predicted molar refractivity (Wildman–Crippen MR) is 94.3 cm³/mol. The molecule has 0 aromatic carbocycles. The second-order valence-corrected chi connectivity index (χ2v) is 6.29. The summed E-state index contributed by atoms with van der Waals surface area (Å²) in [6.45, 7) is 3.67. The van der Waals surface area contributed by atoms with E-state index < -0.39 is 72.4 Å². The maximum absolute atomic E-state index is 12.2. The maximum Gasteiger partial charge on any atom is 0.328 e. The van der Waals surface area contributed by atoms with Crippen molar-refractivity contribution < 1.29 is 39.3 Å². The summed E-state index contributed by atoms with van der Waals surface area (Å²) < 4.78 is 0. The predicted octanol–water partition coefficient (Wildman–Crippen LogP) is -4.49. The lowest BCUT2D eigenvalue weighted by Crippen LogP contribution is -2.58. The Labute approximate surface area is 160 Å². The minimum absolute atomic E-state index is 0.655. The van der Waals surface area contributed by atoms with Gasteiger partial charge in [0.2, 0.25) is 23.6 Å². The summed E-state index contributed by atoms with van der Waals surface area (Å²) in [6, 6.07) is -5.72. The number of nitrogens with two attached hydrogens (primary N) is 2. The van der Waals surface area contributed by atoms with Crippen molar-refractivity contribution in [3.63, 3.8) is 0 Å². The summed E-state index contributed by atoms with van der Waals surface area (Å²) in [5.41, 5.74) is 10.5. The van der Waals surface area contributed by atoms with E-state index in [1.165, 1.54) is 13.8 Å². The smallest absolute Gasteiger partial charge is 0.328 e. The molecule has 0 aliphatic rings. The Morgan fingerprint density at radius 3 is 1.79 bits per heavy atom. The summed E-state index contributed by atoms with van der Waals surface area (Å²) in [5.74, 6) is -5.28. The first-order valence-corrected chi connectivity index (χ1v) is 8.31. The highest BCUT2D eigenvalue weighted by Gasteiger charge is 2.31. The van der Waals surface area contributed by atoms with E-state index in [1.54, 1.807) is 0 Å². The molecule has 0 radical (unpaired) electrons. The number of carbonyl (C=O) groups is 5. The Bertz CT molecular complexity index is 609. The molecule has 13 nitrogen and oxygen atoms in total. The molecule has 0 aliphatic heterocycles. The minimum atomic E-state index is -1.68. The number of carbonyl (C=O) groups excluding carboxylic acids is 4. The molecule has 0 rings (SSSR count). The molecule has 10 N–H and O–H groups in total. The number of hydrogen-bond acceptors (Lipinski definition) is 8. The van der Waals surface area contributed by atoms with Gasteiger partial charge in [0.15, 0.2) is 6.04 Å². The van der Waals surface area contributed by atoms with Crippen molar-refractivity contribution in [2.75, 3.05) is 0 Å². The van der Waals surface area contributed by atoms with Crippen LogP contribution in [0.25, 0.3) is 0 Å². The van der Waals surface area contributed by atoms with Gasteiger partial charge in [-0.05, 0) is 20.8 Å². The van der Waals surface area contributed by atoms with Gasteiger partial charge >= 0.3 is 5.97 Å². The zero-order valence-corrected chi connectivity index (χ0v) is 15.7. The third kappa shape index (κ3) is 8.28. The van der Waals surface area contributed by atoms with Crippen molar-refractivity contribution in [3.8, 4) is 0 Å². The second-order valence-electron chi connectivity index (χ2n) is 6.29. The molecule has 0 heterocycles. The van der Waals surface area contributed by atoms with Gasteiger partial charge in [-0.1, -0.05) is 0 Å². The zero-order chi connectivity index (χ0) is 22.2. The van der Waals surface area contributed by atoms with Crippen molar-refractivity contribution in [3.05, 3.63) is 0 Å². The summed E-state index contributed by atoms with van der Waals surface area (Å²) in [6.07, 6.45) is -3.28. The minimum Gasteiger partial charge on any atom is -0.480 e. The normalized spacial score (nSPS) is 17.2. The molecule has 13 heteroatoms. The highest BCUT2D eigenvalue weighted by molar-refractivity contribution is 5.96. The van der Waals surface area contributed by atoms with Gasteiger partial charge in [0.05, 0.1) is 18.6 Å². The largest absolute Gasteiger partial charge is 0.480 e. The zero-order valence-electron chi connectivity index (χ0n) is 15.7. The molecular weight excluding hydrogens is 378 g/mol. The Kier molecular flexibility index (Phi) is 10.1. The van der Waals surface area contributed by atoms with Crippen molar-refractivity contribution in [1.82, 2.24) is 16.0 Å². The first-order valence-electron chi connectivity index (χ1n) is 8.31. The van der Waals surface area contributed by atoms with Crippen LogP contribution in [0.15, 0.2) is 0 Å². The van der Waals surface area contributed by atoms with Gasteiger partial charge in [-0.3, -0.25) is 19.2 Å². The van der Waals surface area contributed by atoms with E-state index in [-0.39, 0.29) is 0 Å². The van der Waals surface area contributed by atoms with Crippen LogP contribution < -0.4 is 27.4 Å². The number of aliphatic hydroxyl groups is 2. The Balaban J connectivity index is 5.14. The molecule has 6 atom stereocenters. The molecule has 0 saturated carbocycles. The van der Waals surface area contributed by atoms with Crippen LogP contribution in [0.3, 0.4) is 0 Å². The Morgan fingerprint density at radius 1 is 0.857 bits per heavy atom. The number of aliphatic carboxylic acids is 1. The van der Waals surface area contributed by atoms with Crippen LogP contribution in [0.1, 0.15) is 27.2 Å². The first kappa shape index (κ1) is 25.2. The quantitative estimate of drug-likeness (QED) is 0.165. The summed E-state index contributed by atoms with van der Waals surface area (Å²) >= 11 is 0. The van der Waals surface area contributed by atoms with E-state index in [2.05, 4.69) is 10.6 Å². The summed E-state index contributed by atoms with van der Waals surface area (Å²) in [4.78, 5) is 58.4. The molecule has 6 unspecified atom stereocenters. The van der Waals surface area contributed by atoms with Crippen LogP contribution in [-0.4, -0.2) is 81.3 Å². The van der Waals surface area contributed by atoms with E-state index in [0.29, 0.717) is 0 Å². The lowest BCUT2D eigenvalue weighted by atomic mass is 10.1. The van der Waals surface area contributed by atoms with Crippen LogP contribution in [0.2, 0.25) is 0 Å². The topological polar surface area (TPSA) is 234 Å². The second kappa shape index (κ2) is 11.2. The monoisotopic (exact) mass is 405 g/mol. The number of aliphatic hydroxyl groups excluding tert-OH is 2. The third-order valence-corrected chi connectivity index (χ3v) is 3.66. The average Bonchev–Trinajstić information content (AvgIpc) is 2.56. The van der Waals surface area contributed by atoms with Gasteiger partial charge < -0.3 is 42.7 Å². The van der Waals surface area contributed by atoms with Crippen LogP contribution in [0, 0.1) is 0 Å². The highest BCUT2D eigenvalue weighted by atomic mass is 16.4. The summed E-state index contributed by atoms with van der Waals surface area (Å²) in [7, 11) is 0. The van der Waals surface area contributed by atoms with Gasteiger partial charge in [-0.25, -0.2) is 4.79 Å². The highest BCUT2D eigenvalue weighted by Crippen LogP contribution is 1.99. The van der Waals surface area contributed by atoms with E-state index in [0.717, 1.165) is 6.92 Å². The first-order chi connectivity index (χ1) is 12.8. The van der Waals surface area contributed by atoms with Crippen LogP contribution in [-0.2, 0) is 24.0 Å². The fraction of sp³-hybridized carbons (Fsp3) is 0.667. The molecule has 0 fully saturated rings. The van der Waals surface area contributed by atoms with Gasteiger partial charge in [-0.2, -0.15) is 0 Å². The van der Waals surface area contributed by atoms with Gasteiger partial charge in [0.25, 0.3) is 0 Å². The van der Waals surface area contributed by atoms with E-state index >= 15 is 0 Å². The average molecular weight is 405 g/mol. The van der Waals surface area contributed by atoms with Crippen LogP contribution >= 0.6 is 0 Å². The van der Waals surface area contributed by atoms with Crippen LogP contribution in [0.5, 0.6) is 0 Å². The number of hydrogen-bond donors (Lipinski definition) is 8. The molecule has 0 aromatic rings. The van der Waals surface area contributed by atoms with E-state index in [1.807, 2.05) is 5.32 Å². The van der Waals surface area contributed by atoms with Crippen molar-refractivity contribution in [2.45, 2.75) is 63.6 Å². The Hall–Kier alpha value is -2.77. The van der Waals surface area contributed by atoms with Gasteiger partial charge in [-0.15, -0.1) is 0 Å². The molecule has 4 amide bonds. The number of nitrogens with one attached hydrogen (secondary N) is 3. The number of amides is 4. The summed E-state index contributed by atoms with van der Waals surface area (Å²) in [5, 5.41) is 34.0. The standard InChI is InChI=1S/C15H27N5O8/c1-5(18-14(26)10(17)6(2)21)12(24)19-8(4-9(16)23)13(25)20-11(7(3)22)15(27)28/h5-8,10-11,21-22H,4,17H2,1-3H3,(H2,16,23)(H,18,26)(H,19,24)(H,20,25)(H,27,28). The van der Waals surface area contributed by atoms with E-state index in [9.17, 15) is 34.2 Å². The molecule has 0 saturated heterocycles. The molecule has 28 heavy (non-hydrogen) atoms. The molecule has 0 aliphatic carbocycles. The number of carboxylic acids is 1. The third-order valence-electron chi connectivity index (χ3n) is 3.66. The number of primary amides is 1.